The number of aromatic nitrogens is 2. The Morgan fingerprint density at radius 2 is 2.03 bits per heavy atom. The second kappa shape index (κ2) is 9.99. The van der Waals surface area contributed by atoms with E-state index in [1.807, 2.05) is 58.9 Å². The fraction of sp³-hybridized carbons (Fsp3) is 0.231. The first kappa shape index (κ1) is 23.2. The van der Waals surface area contributed by atoms with Crippen molar-refractivity contribution >= 4 is 42.8 Å². The maximum Gasteiger partial charge on any atom is -0.0113 e. The zero-order chi connectivity index (χ0) is 23.7. The minimum Gasteiger partial charge on any atom is -0.0113 e. The van der Waals surface area contributed by atoms with Gasteiger partial charge in [0.1, 0.15) is 5.75 Å². The molecule has 0 fully saturated rings. The zero-order valence-corrected chi connectivity index (χ0v) is 22.0. The number of halogens is 1. The van der Waals surface area contributed by atoms with Gasteiger partial charge in [0.25, 0.3) is 0 Å². The van der Waals surface area contributed by atoms with Gasteiger partial charge < -0.3 is 4.74 Å². The van der Waals surface area contributed by atoms with Gasteiger partial charge in [0.2, 0.25) is 0 Å². The van der Waals surface area contributed by atoms with E-state index in [-0.39, 0.29) is 8.72 Å². The molecule has 34 heavy (non-hydrogen) atoms. The Morgan fingerprint density at radius 3 is 2.85 bits per heavy atom. The maximum absolute atomic E-state index is 9.47. The third-order valence-corrected chi connectivity index (χ3v) is 11.1. The monoisotopic (exact) mass is 588 g/mol. The molecule has 1 unspecified atom stereocenters. The van der Waals surface area contributed by atoms with Crippen LogP contribution < -0.4 is 10.1 Å². The molecule has 0 aliphatic heterocycles. The molecule has 1 aliphatic carbocycles. The Hall–Kier alpha value is -2.53. The van der Waals surface area contributed by atoms with Crippen LogP contribution in [-0.4, -0.2) is 36.8 Å². The van der Waals surface area contributed by atoms with E-state index < -0.39 is 19.8 Å². The van der Waals surface area contributed by atoms with Crippen molar-refractivity contribution < 1.29 is 14.9 Å². The predicted octanol–water partition coefficient (Wildman–Crippen LogP) is 5.53. The van der Waals surface area contributed by atoms with Gasteiger partial charge in [-0.1, -0.05) is 12.1 Å². The van der Waals surface area contributed by atoms with E-state index in [1.165, 1.54) is 15.3 Å². The van der Waals surface area contributed by atoms with Crippen molar-refractivity contribution in [3.63, 3.8) is 0 Å². The number of methoxy groups -OCH3 is 1. The van der Waals surface area contributed by atoms with Crippen LogP contribution in [0.2, 0.25) is 0 Å². The number of anilines is 2. The predicted molar refractivity (Wildman–Crippen MR) is 148 cm³/mol. The van der Waals surface area contributed by atoms with Crippen molar-refractivity contribution in [3.8, 4) is 27.4 Å². The fourth-order valence-corrected chi connectivity index (χ4v) is 7.22. The first-order chi connectivity index (χ1) is 16.6. The van der Waals surface area contributed by atoms with Crippen LogP contribution in [0.1, 0.15) is 20.1 Å². The quantitative estimate of drug-likeness (QED) is 0.168. The van der Waals surface area contributed by atoms with Gasteiger partial charge in [-0.25, -0.2) is 0 Å². The number of nitrogens with zero attached hydrogens (tertiary/aromatic N) is 2. The summed E-state index contributed by atoms with van der Waals surface area (Å²) >= 11 is 0.104. The van der Waals surface area contributed by atoms with Crippen molar-refractivity contribution in [2.45, 2.75) is 17.0 Å². The van der Waals surface area contributed by atoms with Gasteiger partial charge in [0, 0.05) is 0 Å². The molecule has 0 saturated heterocycles. The fourth-order valence-electron chi connectivity index (χ4n) is 4.05. The Morgan fingerprint density at radius 1 is 1.18 bits per heavy atom. The molecule has 0 amide bonds. The molecule has 4 N–H and O–H groups in total. The summed E-state index contributed by atoms with van der Waals surface area (Å²) in [7, 11) is 1.69. The van der Waals surface area contributed by atoms with Crippen molar-refractivity contribution in [1.82, 2.24) is 9.97 Å². The van der Waals surface area contributed by atoms with E-state index in [4.69, 9.17) is 14.8 Å². The van der Waals surface area contributed by atoms with Gasteiger partial charge in [-0.15, -0.1) is 0 Å². The van der Waals surface area contributed by atoms with E-state index in [2.05, 4.69) is 28.5 Å². The van der Waals surface area contributed by atoms with Crippen molar-refractivity contribution in [2.24, 2.45) is 0 Å². The number of hydrogen-bond acceptors (Lipinski definition) is 6. The number of rotatable bonds is 7. The number of hydrogen-bond donors (Lipinski definition) is 2. The summed E-state index contributed by atoms with van der Waals surface area (Å²) in [5.74, 6) is 1.40. The number of nitrogens with one attached hydrogen (secondary N) is 1. The zero-order valence-electron chi connectivity index (χ0n) is 19.0. The molecule has 2 heterocycles. The number of benzene rings is 2. The Bertz CT molecular complexity index is 1330. The smallest absolute Gasteiger partial charge is 0.0113 e. The molecule has 4 aromatic rings. The number of fused-ring (bicyclic) bond motifs is 3. The molecule has 8 heteroatoms. The molecule has 1 aliphatic rings. The van der Waals surface area contributed by atoms with Gasteiger partial charge in [-0.2, -0.15) is 0 Å². The molecule has 5 rings (SSSR count). The van der Waals surface area contributed by atoms with E-state index in [1.54, 1.807) is 7.11 Å². The molecule has 0 radical (unpaired) electrons. The van der Waals surface area contributed by atoms with Gasteiger partial charge in [-0.3, -0.25) is 0 Å². The van der Waals surface area contributed by atoms with Gasteiger partial charge in [0.15, 0.2) is 0 Å². The number of aryl methyl sites for hydroxylation is 2. The van der Waals surface area contributed by atoms with Crippen LogP contribution in [0.3, 0.4) is 0 Å². The molecule has 176 valence electrons. The molecule has 0 spiro atoms. The molecule has 0 saturated carbocycles. The molecule has 2 aromatic carbocycles. The van der Waals surface area contributed by atoms with Crippen LogP contribution in [0.5, 0.6) is 5.75 Å². The summed E-state index contributed by atoms with van der Waals surface area (Å²) in [4.78, 5) is 14.0. The van der Waals surface area contributed by atoms with Crippen LogP contribution >= 0.6 is 31.2 Å². The van der Waals surface area contributed by atoms with Gasteiger partial charge in [0.05, 0.1) is 7.11 Å². The van der Waals surface area contributed by atoms with E-state index in [9.17, 15) is 5.11 Å². The second-order valence-corrected chi connectivity index (χ2v) is 14.8. The summed E-state index contributed by atoms with van der Waals surface area (Å²) in [5, 5.41) is 21.2. The number of aliphatic hydroxyl groups is 1. The third kappa shape index (κ3) is 4.68. The Labute approximate surface area is 210 Å². The van der Waals surface area contributed by atoms with E-state index in [0.717, 1.165) is 46.7 Å². The van der Waals surface area contributed by atoms with E-state index in [0.29, 0.717) is 5.95 Å². The second-order valence-electron chi connectivity index (χ2n) is 8.12. The average molecular weight is 588 g/mol. The van der Waals surface area contributed by atoms with Gasteiger partial charge in [-0.05, 0) is 12.1 Å². The molecule has 2 aromatic heterocycles. The van der Waals surface area contributed by atoms with Crippen LogP contribution in [0.25, 0.3) is 21.7 Å². The van der Waals surface area contributed by atoms with Crippen LogP contribution in [-0.2, 0) is 12.8 Å². The number of aliphatic hydroxyl groups excluding tert-OH is 1. The molecule has 6 nitrogen and oxygen atoms in total. The van der Waals surface area contributed by atoms with Crippen LogP contribution in [0.4, 0.5) is 11.6 Å². The average Bonchev–Trinajstić information content (AvgIpc) is 3.33. The summed E-state index contributed by atoms with van der Waals surface area (Å²) in [5.41, 5.74) is 6.26. The largest absolute Gasteiger partial charge is 0.0113 e. The first-order valence-corrected chi connectivity index (χ1v) is 16.7. The standard InChI is InChI=1S/C26H26IN3O3S/c1-27(15-31)25(32)17-6-3-7-19(11-17)29-26-28-14-18-9-10-22-21(24(18)30-26)13-23(34-22)16-5-4-8-20(12-16)33-2/h3-8,11-14,25,31-32H,9-10,15H2,1-2H3,(H,28,29,30)/p+1. The van der Waals surface area contributed by atoms with Crippen molar-refractivity contribution in [2.75, 3.05) is 22.0 Å². The summed E-state index contributed by atoms with van der Waals surface area (Å²) in [6, 6.07) is 18.2. The molecule has 1 atom stereocenters. The topological polar surface area (TPSA) is 90.2 Å². The van der Waals surface area contributed by atoms with Crippen molar-refractivity contribution in [1.29, 1.82) is 0 Å². The number of ether oxygens (including phenoxy) is 1. The Kier molecular flexibility index (Phi) is 6.82. The number of alkyl halides is 3. The normalized spacial score (nSPS) is 13.6. The summed E-state index contributed by atoms with van der Waals surface area (Å²) < 4.78 is 5.22. The summed E-state index contributed by atoms with van der Waals surface area (Å²) in [6.45, 7) is 0. The van der Waals surface area contributed by atoms with E-state index >= 15 is 0 Å². The van der Waals surface area contributed by atoms with Crippen LogP contribution in [0.15, 0.2) is 60.8 Å². The summed E-state index contributed by atoms with van der Waals surface area (Å²) in [6.07, 6.45) is 3.85. The Balaban J connectivity index is 1.44. The van der Waals surface area contributed by atoms with Crippen molar-refractivity contribution in [3.05, 3.63) is 76.8 Å². The molecule has 0 bridgehead atoms. The van der Waals surface area contributed by atoms with Gasteiger partial charge >= 0.3 is 169 Å². The molecular weight excluding hydrogens is 561 g/mol. The molecular formula is C26H27IN3O3S+. The minimum absolute atomic E-state index is 0.143. The third-order valence-electron chi connectivity index (χ3n) is 5.90. The first-order valence-electron chi connectivity index (χ1n) is 10.9. The van der Waals surface area contributed by atoms with Crippen LogP contribution in [0, 0.1) is 0 Å². The maximum atomic E-state index is 9.47. The number of thiophene rings is 1. The minimum atomic E-state index is -1.71. The SMILES string of the molecule is COc1cccc(-c2cc3c(s2)CCc2cnc(Nc4cccc(C([OH2+])I(C)CO)c4)nc2-3)c1.